The fourth-order valence-electron chi connectivity index (χ4n) is 2.51. The quantitative estimate of drug-likeness (QED) is 0.635. The van der Waals surface area contributed by atoms with Crippen LogP contribution in [0.4, 0.5) is 5.69 Å². The Morgan fingerprint density at radius 1 is 1.56 bits per heavy atom. The lowest BCUT2D eigenvalue weighted by Gasteiger charge is -2.18. The number of anilines is 1. The summed E-state index contributed by atoms with van der Waals surface area (Å²) in [5, 5.41) is 0. The Labute approximate surface area is 108 Å². The Hall–Kier alpha value is -1.55. The van der Waals surface area contributed by atoms with Crippen molar-refractivity contribution in [3.8, 4) is 0 Å². The highest BCUT2D eigenvalue weighted by molar-refractivity contribution is 5.96. The number of carbonyl (C=O) groups excluding carboxylic acids is 1. The molecule has 0 radical (unpaired) electrons. The summed E-state index contributed by atoms with van der Waals surface area (Å²) in [6.07, 6.45) is 2.28. The molecule has 0 aliphatic carbocycles. The third-order valence-electron chi connectivity index (χ3n) is 3.77. The van der Waals surface area contributed by atoms with Crippen LogP contribution in [0.2, 0.25) is 0 Å². The van der Waals surface area contributed by atoms with E-state index in [9.17, 15) is 4.79 Å². The van der Waals surface area contributed by atoms with Crippen LogP contribution in [0.25, 0.3) is 0 Å². The second-order valence-corrected chi connectivity index (χ2v) is 4.99. The molecule has 1 atom stereocenters. The van der Waals surface area contributed by atoms with Gasteiger partial charge in [0.25, 0.3) is 5.91 Å². The highest BCUT2D eigenvalue weighted by atomic mass is 16.2. The molecule has 2 rings (SSSR count). The van der Waals surface area contributed by atoms with E-state index in [2.05, 4.69) is 12.3 Å². The van der Waals surface area contributed by atoms with Crippen LogP contribution in [0.1, 0.15) is 35.7 Å². The zero-order valence-corrected chi connectivity index (χ0v) is 11.1. The van der Waals surface area contributed by atoms with Crippen LogP contribution in [0.3, 0.4) is 0 Å². The van der Waals surface area contributed by atoms with Crippen LogP contribution in [0.15, 0.2) is 18.2 Å². The Bertz CT molecular complexity index is 445. The average Bonchev–Trinajstić information content (AvgIpc) is 2.86. The van der Waals surface area contributed by atoms with Gasteiger partial charge in [-0.3, -0.25) is 10.6 Å². The summed E-state index contributed by atoms with van der Waals surface area (Å²) in [5.41, 5.74) is 5.18. The van der Waals surface area contributed by atoms with E-state index in [1.807, 2.05) is 30.0 Å². The molecule has 1 unspecified atom stereocenters. The number of nitrogens with one attached hydrogen (secondary N) is 1. The molecule has 3 N–H and O–H groups in total. The topological polar surface area (TPSA) is 58.4 Å². The fraction of sp³-hybridized carbons (Fsp3) is 0.500. The summed E-state index contributed by atoms with van der Waals surface area (Å²) in [4.78, 5) is 14.4. The van der Waals surface area contributed by atoms with E-state index >= 15 is 0 Å². The van der Waals surface area contributed by atoms with Crippen molar-refractivity contribution in [1.29, 1.82) is 0 Å². The molecule has 4 nitrogen and oxygen atoms in total. The lowest BCUT2D eigenvalue weighted by atomic mass is 10.1. The van der Waals surface area contributed by atoms with Gasteiger partial charge in [-0.25, -0.2) is 0 Å². The van der Waals surface area contributed by atoms with Crippen LogP contribution in [-0.2, 0) is 0 Å². The predicted octanol–water partition coefficient (Wildman–Crippen LogP) is 2.15. The van der Waals surface area contributed by atoms with Crippen LogP contribution in [0, 0.1) is 12.8 Å². The summed E-state index contributed by atoms with van der Waals surface area (Å²) in [5.74, 6) is 6.17. The average molecular weight is 247 g/mol. The SMILES string of the molecule is CCC1CCN(C(=O)c2ccc(NN)cc2C)C1. The van der Waals surface area contributed by atoms with Crippen molar-refractivity contribution in [3.05, 3.63) is 29.3 Å². The molecule has 18 heavy (non-hydrogen) atoms. The van der Waals surface area contributed by atoms with E-state index in [-0.39, 0.29) is 5.91 Å². The summed E-state index contributed by atoms with van der Waals surface area (Å²) >= 11 is 0. The molecule has 4 heteroatoms. The number of amides is 1. The number of nitrogens with two attached hydrogens (primary N) is 1. The normalized spacial score (nSPS) is 19.1. The first kappa shape index (κ1) is 12.9. The van der Waals surface area contributed by atoms with Gasteiger partial charge in [-0.05, 0) is 43.0 Å². The van der Waals surface area contributed by atoms with E-state index in [4.69, 9.17) is 5.84 Å². The van der Waals surface area contributed by atoms with Crippen LogP contribution in [-0.4, -0.2) is 23.9 Å². The maximum Gasteiger partial charge on any atom is 0.254 e. The lowest BCUT2D eigenvalue weighted by Crippen LogP contribution is -2.29. The van der Waals surface area contributed by atoms with Crippen molar-refractivity contribution in [3.63, 3.8) is 0 Å². The summed E-state index contributed by atoms with van der Waals surface area (Å²) in [7, 11) is 0. The fourth-order valence-corrected chi connectivity index (χ4v) is 2.51. The number of hydrogen-bond donors (Lipinski definition) is 2. The van der Waals surface area contributed by atoms with Gasteiger partial charge in [-0.1, -0.05) is 13.3 Å². The monoisotopic (exact) mass is 247 g/mol. The molecule has 1 aromatic rings. The Morgan fingerprint density at radius 3 is 2.89 bits per heavy atom. The van der Waals surface area contributed by atoms with Gasteiger partial charge in [0.1, 0.15) is 0 Å². The van der Waals surface area contributed by atoms with Crippen molar-refractivity contribution < 1.29 is 4.79 Å². The molecular formula is C14H21N3O. The standard InChI is InChI=1S/C14H21N3O/c1-3-11-6-7-17(9-11)14(18)13-5-4-12(16-15)8-10(13)2/h4-5,8,11,16H,3,6-7,9,15H2,1-2H3. The highest BCUT2D eigenvalue weighted by Gasteiger charge is 2.26. The molecule has 0 aromatic heterocycles. The molecule has 1 aromatic carbocycles. The van der Waals surface area contributed by atoms with Gasteiger partial charge in [0.05, 0.1) is 0 Å². The van der Waals surface area contributed by atoms with E-state index in [1.165, 1.54) is 0 Å². The Morgan fingerprint density at radius 2 is 2.33 bits per heavy atom. The Kier molecular flexibility index (Phi) is 3.87. The van der Waals surface area contributed by atoms with Gasteiger partial charge in [-0.15, -0.1) is 0 Å². The van der Waals surface area contributed by atoms with Crippen LogP contribution < -0.4 is 11.3 Å². The van der Waals surface area contributed by atoms with Gasteiger partial charge in [-0.2, -0.15) is 0 Å². The molecule has 1 aliphatic heterocycles. The lowest BCUT2D eigenvalue weighted by molar-refractivity contribution is 0.0786. The van der Waals surface area contributed by atoms with Crippen molar-refractivity contribution in [1.82, 2.24) is 4.90 Å². The van der Waals surface area contributed by atoms with E-state index < -0.39 is 0 Å². The van der Waals surface area contributed by atoms with Crippen LogP contribution in [0.5, 0.6) is 0 Å². The van der Waals surface area contributed by atoms with Gasteiger partial charge < -0.3 is 10.3 Å². The van der Waals surface area contributed by atoms with Crippen molar-refractivity contribution in [2.75, 3.05) is 18.5 Å². The maximum absolute atomic E-state index is 12.4. The molecule has 98 valence electrons. The van der Waals surface area contributed by atoms with E-state index in [0.29, 0.717) is 5.92 Å². The first-order valence-electron chi connectivity index (χ1n) is 6.52. The highest BCUT2D eigenvalue weighted by Crippen LogP contribution is 2.23. The smallest absolute Gasteiger partial charge is 0.254 e. The first-order chi connectivity index (χ1) is 8.65. The van der Waals surface area contributed by atoms with E-state index in [0.717, 1.165) is 42.7 Å². The molecule has 0 spiro atoms. The number of aryl methyl sites for hydroxylation is 1. The molecule has 1 saturated heterocycles. The number of hydrogen-bond acceptors (Lipinski definition) is 3. The summed E-state index contributed by atoms with van der Waals surface area (Å²) < 4.78 is 0. The van der Waals surface area contributed by atoms with Crippen molar-refractivity contribution in [2.45, 2.75) is 26.7 Å². The molecular weight excluding hydrogens is 226 g/mol. The molecule has 0 bridgehead atoms. The first-order valence-corrected chi connectivity index (χ1v) is 6.52. The molecule has 0 saturated carbocycles. The third-order valence-corrected chi connectivity index (χ3v) is 3.77. The second kappa shape index (κ2) is 5.40. The van der Waals surface area contributed by atoms with E-state index in [1.54, 1.807) is 0 Å². The zero-order valence-electron chi connectivity index (χ0n) is 11.1. The van der Waals surface area contributed by atoms with Gasteiger partial charge >= 0.3 is 0 Å². The molecule has 1 aliphatic rings. The molecule has 1 amide bonds. The minimum Gasteiger partial charge on any atom is -0.338 e. The number of hydrazine groups is 1. The number of nitrogens with zero attached hydrogens (tertiary/aromatic N) is 1. The number of rotatable bonds is 3. The maximum atomic E-state index is 12.4. The Balaban J connectivity index is 2.14. The molecule has 1 heterocycles. The molecule has 1 fully saturated rings. The summed E-state index contributed by atoms with van der Waals surface area (Å²) in [6.45, 7) is 5.91. The third kappa shape index (κ3) is 2.48. The number of carbonyl (C=O) groups is 1. The minimum atomic E-state index is 0.145. The predicted molar refractivity (Wildman–Crippen MR) is 73.3 cm³/mol. The number of benzene rings is 1. The largest absolute Gasteiger partial charge is 0.338 e. The minimum absolute atomic E-state index is 0.145. The van der Waals surface area contributed by atoms with Gasteiger partial charge in [0.15, 0.2) is 0 Å². The second-order valence-electron chi connectivity index (χ2n) is 4.99. The zero-order chi connectivity index (χ0) is 13.1. The number of likely N-dealkylation sites (tertiary alicyclic amines) is 1. The van der Waals surface area contributed by atoms with Crippen molar-refractivity contribution in [2.24, 2.45) is 11.8 Å². The number of nitrogen functional groups attached to an aromatic ring is 1. The van der Waals surface area contributed by atoms with Gasteiger partial charge in [0, 0.05) is 24.3 Å². The van der Waals surface area contributed by atoms with Crippen LogP contribution >= 0.6 is 0 Å². The summed E-state index contributed by atoms with van der Waals surface area (Å²) in [6, 6.07) is 5.60. The van der Waals surface area contributed by atoms with Crippen molar-refractivity contribution >= 4 is 11.6 Å². The van der Waals surface area contributed by atoms with Gasteiger partial charge in [0.2, 0.25) is 0 Å².